The third kappa shape index (κ3) is 2.07. The zero-order valence-corrected chi connectivity index (χ0v) is 9.93. The van der Waals surface area contributed by atoms with Crippen LogP contribution in [-0.4, -0.2) is 29.9 Å². The second-order valence-corrected chi connectivity index (χ2v) is 4.94. The molecule has 1 aromatic rings. The number of likely N-dealkylation sites (tertiary alicyclic amines) is 1. The van der Waals surface area contributed by atoms with Crippen molar-refractivity contribution in [2.45, 2.75) is 31.3 Å². The first-order valence-electron chi connectivity index (χ1n) is 6.42. The maximum Gasteiger partial charge on any atom is 0.224 e. The molecule has 2 atom stereocenters. The first kappa shape index (κ1) is 10.8. The van der Waals surface area contributed by atoms with E-state index in [4.69, 9.17) is 0 Å². The number of benzene rings is 1. The molecule has 2 heterocycles. The monoisotopic (exact) mass is 230 g/mol. The molecule has 90 valence electrons. The molecule has 3 heteroatoms. The number of piperidine rings is 1. The second-order valence-electron chi connectivity index (χ2n) is 4.94. The van der Waals surface area contributed by atoms with Gasteiger partial charge in [-0.3, -0.25) is 4.79 Å². The van der Waals surface area contributed by atoms with E-state index in [0.29, 0.717) is 18.0 Å². The molecule has 2 saturated heterocycles. The molecule has 0 bridgehead atoms. The van der Waals surface area contributed by atoms with Crippen LogP contribution < -0.4 is 5.32 Å². The summed E-state index contributed by atoms with van der Waals surface area (Å²) in [5, 5.41) is 3.56. The smallest absolute Gasteiger partial charge is 0.224 e. The third-order valence-electron chi connectivity index (χ3n) is 3.92. The number of amides is 1. The minimum atomic E-state index is 0.329. The SMILES string of the molecule is O=C1CCN1C1CCC(c2ccccc2)NC1. The molecule has 1 aromatic carbocycles. The van der Waals surface area contributed by atoms with Gasteiger partial charge in [-0.25, -0.2) is 0 Å². The summed E-state index contributed by atoms with van der Waals surface area (Å²) in [4.78, 5) is 13.4. The second kappa shape index (κ2) is 4.49. The van der Waals surface area contributed by atoms with Gasteiger partial charge in [0.25, 0.3) is 0 Å². The molecule has 1 N–H and O–H groups in total. The molecule has 0 radical (unpaired) electrons. The molecule has 0 spiro atoms. The van der Waals surface area contributed by atoms with Gasteiger partial charge < -0.3 is 10.2 Å². The molecule has 2 fully saturated rings. The van der Waals surface area contributed by atoms with E-state index in [1.54, 1.807) is 0 Å². The maximum atomic E-state index is 11.4. The van der Waals surface area contributed by atoms with E-state index in [1.807, 2.05) is 11.0 Å². The van der Waals surface area contributed by atoms with E-state index in [0.717, 1.165) is 32.4 Å². The number of hydrogen-bond acceptors (Lipinski definition) is 2. The largest absolute Gasteiger partial charge is 0.338 e. The van der Waals surface area contributed by atoms with Crippen LogP contribution >= 0.6 is 0 Å². The van der Waals surface area contributed by atoms with Gasteiger partial charge in [-0.1, -0.05) is 30.3 Å². The van der Waals surface area contributed by atoms with Crippen molar-refractivity contribution >= 4 is 5.91 Å². The Bertz CT molecular complexity index is 396. The molecule has 3 nitrogen and oxygen atoms in total. The van der Waals surface area contributed by atoms with E-state index < -0.39 is 0 Å². The van der Waals surface area contributed by atoms with Crippen LogP contribution in [-0.2, 0) is 4.79 Å². The molecule has 0 aliphatic carbocycles. The molecule has 17 heavy (non-hydrogen) atoms. The number of carbonyl (C=O) groups excluding carboxylic acids is 1. The van der Waals surface area contributed by atoms with Crippen LogP contribution in [0.15, 0.2) is 30.3 Å². The number of carbonyl (C=O) groups is 1. The van der Waals surface area contributed by atoms with Gasteiger partial charge in [-0.05, 0) is 18.4 Å². The van der Waals surface area contributed by atoms with Crippen LogP contribution in [0.25, 0.3) is 0 Å². The van der Waals surface area contributed by atoms with Crippen LogP contribution in [0.1, 0.15) is 30.9 Å². The standard InChI is InChI=1S/C14H18N2O/c17-14-8-9-16(14)12-6-7-13(15-10-12)11-4-2-1-3-5-11/h1-5,12-13,15H,6-10H2. The Morgan fingerprint density at radius 2 is 2.00 bits per heavy atom. The molecule has 3 rings (SSSR count). The Morgan fingerprint density at radius 1 is 1.18 bits per heavy atom. The van der Waals surface area contributed by atoms with Crippen molar-refractivity contribution in [2.75, 3.05) is 13.1 Å². The highest BCUT2D eigenvalue weighted by Gasteiger charge is 2.33. The van der Waals surface area contributed by atoms with E-state index in [1.165, 1.54) is 5.56 Å². The lowest BCUT2D eigenvalue weighted by Gasteiger charge is -2.42. The van der Waals surface area contributed by atoms with Crippen molar-refractivity contribution in [1.82, 2.24) is 10.2 Å². The van der Waals surface area contributed by atoms with Gasteiger partial charge in [0, 0.05) is 31.6 Å². The summed E-state index contributed by atoms with van der Waals surface area (Å²) in [5.74, 6) is 0.329. The Labute approximate surface area is 102 Å². The van der Waals surface area contributed by atoms with Crippen molar-refractivity contribution in [3.63, 3.8) is 0 Å². The molecule has 2 aliphatic rings. The quantitative estimate of drug-likeness (QED) is 0.784. The average Bonchev–Trinajstić information content (AvgIpc) is 2.39. The van der Waals surface area contributed by atoms with E-state index in [9.17, 15) is 4.79 Å². The Hall–Kier alpha value is -1.35. The van der Waals surface area contributed by atoms with Gasteiger partial charge in [-0.15, -0.1) is 0 Å². The molecule has 1 amide bonds. The zero-order chi connectivity index (χ0) is 11.7. The van der Waals surface area contributed by atoms with Gasteiger partial charge in [-0.2, -0.15) is 0 Å². The number of nitrogens with one attached hydrogen (secondary N) is 1. The first-order chi connectivity index (χ1) is 8.34. The fourth-order valence-electron chi connectivity index (χ4n) is 2.80. The fraction of sp³-hybridized carbons (Fsp3) is 0.500. The first-order valence-corrected chi connectivity index (χ1v) is 6.42. The van der Waals surface area contributed by atoms with E-state index >= 15 is 0 Å². The van der Waals surface area contributed by atoms with Crippen LogP contribution in [0.2, 0.25) is 0 Å². The van der Waals surface area contributed by atoms with Crippen LogP contribution in [0, 0.1) is 0 Å². The summed E-state index contributed by atoms with van der Waals surface area (Å²) in [5.41, 5.74) is 1.36. The highest BCUT2D eigenvalue weighted by molar-refractivity contribution is 5.82. The third-order valence-corrected chi connectivity index (χ3v) is 3.92. The van der Waals surface area contributed by atoms with Crippen molar-refractivity contribution in [1.29, 1.82) is 0 Å². The summed E-state index contributed by atoms with van der Waals surface area (Å²) in [6.45, 7) is 1.90. The lowest BCUT2D eigenvalue weighted by atomic mass is 9.93. The molecule has 0 saturated carbocycles. The van der Waals surface area contributed by atoms with Crippen molar-refractivity contribution in [3.8, 4) is 0 Å². The van der Waals surface area contributed by atoms with Crippen LogP contribution in [0.5, 0.6) is 0 Å². The summed E-state index contributed by atoms with van der Waals surface area (Å²) < 4.78 is 0. The van der Waals surface area contributed by atoms with Crippen LogP contribution in [0.4, 0.5) is 0 Å². The Morgan fingerprint density at radius 3 is 2.53 bits per heavy atom. The van der Waals surface area contributed by atoms with Crippen molar-refractivity contribution < 1.29 is 4.79 Å². The van der Waals surface area contributed by atoms with E-state index in [-0.39, 0.29) is 0 Å². The summed E-state index contributed by atoms with van der Waals surface area (Å²) in [6.07, 6.45) is 3.00. The fourth-order valence-corrected chi connectivity index (χ4v) is 2.80. The Balaban J connectivity index is 1.59. The molecular weight excluding hydrogens is 212 g/mol. The predicted octanol–water partition coefficient (Wildman–Crippen LogP) is 1.71. The lowest BCUT2D eigenvalue weighted by Crippen LogP contribution is -2.55. The zero-order valence-electron chi connectivity index (χ0n) is 9.93. The topological polar surface area (TPSA) is 32.3 Å². The minimum absolute atomic E-state index is 0.329. The van der Waals surface area contributed by atoms with Crippen molar-refractivity contribution in [2.24, 2.45) is 0 Å². The van der Waals surface area contributed by atoms with Gasteiger partial charge in [0.2, 0.25) is 5.91 Å². The number of nitrogens with zero attached hydrogens (tertiary/aromatic N) is 1. The Kier molecular flexibility index (Phi) is 2.85. The highest BCUT2D eigenvalue weighted by atomic mass is 16.2. The lowest BCUT2D eigenvalue weighted by molar-refractivity contribution is -0.143. The van der Waals surface area contributed by atoms with Gasteiger partial charge in [0.15, 0.2) is 0 Å². The number of hydrogen-bond donors (Lipinski definition) is 1. The summed E-state index contributed by atoms with van der Waals surface area (Å²) in [6, 6.07) is 11.5. The number of rotatable bonds is 2. The molecule has 2 unspecified atom stereocenters. The molecule has 2 aliphatic heterocycles. The summed E-state index contributed by atoms with van der Waals surface area (Å²) in [7, 11) is 0. The highest BCUT2D eigenvalue weighted by Crippen LogP contribution is 2.27. The van der Waals surface area contributed by atoms with E-state index in [2.05, 4.69) is 29.6 Å². The number of β-lactam (4-membered cyclic amide) rings is 1. The van der Waals surface area contributed by atoms with Crippen molar-refractivity contribution in [3.05, 3.63) is 35.9 Å². The average molecular weight is 230 g/mol. The van der Waals surface area contributed by atoms with Gasteiger partial charge in [0.05, 0.1) is 0 Å². The predicted molar refractivity (Wildman–Crippen MR) is 66.5 cm³/mol. The molecular formula is C14H18N2O. The van der Waals surface area contributed by atoms with Gasteiger partial charge >= 0.3 is 0 Å². The minimum Gasteiger partial charge on any atom is -0.338 e. The maximum absolute atomic E-state index is 11.4. The van der Waals surface area contributed by atoms with Crippen LogP contribution in [0.3, 0.4) is 0 Å². The molecule has 0 aromatic heterocycles. The van der Waals surface area contributed by atoms with Gasteiger partial charge in [0.1, 0.15) is 0 Å². The normalized spacial score (nSPS) is 28.9. The summed E-state index contributed by atoms with van der Waals surface area (Å²) >= 11 is 0.